The molecule has 0 saturated carbocycles. The van der Waals surface area contributed by atoms with Gasteiger partial charge in [0.15, 0.2) is 0 Å². The largest absolute Gasteiger partial charge is 0.457 e. The number of nitrogen functional groups attached to an aromatic ring is 1. The number of likely N-dealkylation sites (tertiary alicyclic amines) is 1. The molecule has 1 fully saturated rings. The highest BCUT2D eigenvalue weighted by molar-refractivity contribution is 6.03. The van der Waals surface area contributed by atoms with Gasteiger partial charge in [0.25, 0.3) is 0 Å². The lowest BCUT2D eigenvalue weighted by Gasteiger charge is -2.17. The number of ether oxygens (including phenoxy) is 2. The molecule has 1 atom stereocenters. The van der Waals surface area contributed by atoms with Crippen molar-refractivity contribution in [2.75, 3.05) is 52.7 Å². The van der Waals surface area contributed by atoms with Gasteiger partial charge in [0.1, 0.15) is 41.1 Å². The number of nitrogens with zero attached hydrogens (tertiary/aromatic N) is 6. The topological polar surface area (TPSA) is 123 Å². The molecule has 0 radical (unpaired) electrons. The summed E-state index contributed by atoms with van der Waals surface area (Å²) < 4.78 is 13.0. The fourth-order valence-electron chi connectivity index (χ4n) is 5.15. The number of rotatable bonds is 10. The molecule has 1 amide bonds. The summed E-state index contributed by atoms with van der Waals surface area (Å²) in [5.41, 5.74) is 8.87. The fraction of sp³-hybridized carbons (Fsp3) is 0.333. The van der Waals surface area contributed by atoms with Crippen LogP contribution in [0.3, 0.4) is 0 Å². The van der Waals surface area contributed by atoms with Crippen molar-refractivity contribution in [2.45, 2.75) is 26.3 Å². The summed E-state index contributed by atoms with van der Waals surface area (Å²) in [6, 6.07) is 19.3. The second-order valence-corrected chi connectivity index (χ2v) is 9.99. The van der Waals surface area contributed by atoms with Crippen LogP contribution in [0.15, 0.2) is 73.1 Å². The van der Waals surface area contributed by atoms with Gasteiger partial charge in [-0.05, 0) is 43.3 Å². The maximum absolute atomic E-state index is 12.9. The van der Waals surface area contributed by atoms with Crippen LogP contribution < -0.4 is 10.5 Å². The fourth-order valence-corrected chi connectivity index (χ4v) is 5.15. The predicted molar refractivity (Wildman–Crippen MR) is 169 cm³/mol. The molecule has 10 heteroatoms. The van der Waals surface area contributed by atoms with Crippen molar-refractivity contribution in [1.82, 2.24) is 24.3 Å². The number of nitrogens with two attached hydrogens (primary N) is 1. The number of carbonyl (C=O) groups is 1. The van der Waals surface area contributed by atoms with Crippen molar-refractivity contribution in [1.29, 1.82) is 5.26 Å². The number of methoxy groups -OCH3 is 1. The monoisotopic (exact) mass is 581 g/mol. The maximum Gasteiger partial charge on any atom is 0.246 e. The quantitative estimate of drug-likeness (QED) is 0.251. The Morgan fingerprint density at radius 3 is 2.56 bits per heavy atom. The van der Waals surface area contributed by atoms with Gasteiger partial charge in [-0.2, -0.15) is 5.26 Å². The van der Waals surface area contributed by atoms with E-state index < -0.39 is 0 Å². The molecule has 0 spiro atoms. The second-order valence-electron chi connectivity index (χ2n) is 9.99. The first-order valence-electron chi connectivity index (χ1n) is 14.5. The number of fused-ring (bicyclic) bond motifs is 1. The minimum atomic E-state index is -0.127. The first-order valence-corrected chi connectivity index (χ1v) is 14.5. The predicted octanol–water partition coefficient (Wildman–Crippen LogP) is 5.28. The van der Waals surface area contributed by atoms with E-state index in [1.54, 1.807) is 13.2 Å². The molecule has 0 bridgehead atoms. The van der Waals surface area contributed by atoms with Crippen molar-refractivity contribution in [3.8, 4) is 28.7 Å². The lowest BCUT2D eigenvalue weighted by molar-refractivity contribution is -0.125. The smallest absolute Gasteiger partial charge is 0.246 e. The molecule has 1 aliphatic heterocycles. The summed E-state index contributed by atoms with van der Waals surface area (Å²) in [6.45, 7) is 7.13. The van der Waals surface area contributed by atoms with Gasteiger partial charge in [-0.15, -0.1) is 0 Å². The number of aromatic nitrogens is 3. The van der Waals surface area contributed by atoms with Crippen molar-refractivity contribution in [2.24, 2.45) is 0 Å². The standard InChI is InChI=1S/C31H33N7O3.C2H6/c1-36(17-18-40-2)15-6-9-27(39)37-16-14-23(20-37)38-26(19-32)28(29-30(33)34-21-35-31(29)38)22-10-12-25(13-11-22)41-24-7-4-3-5-8-24;1-2/h3-13,21,23H,14-18,20H2,1-2H3,(H2,33,34,35);1-2H3/b9-6+;. The van der Waals surface area contributed by atoms with Crippen LogP contribution in [-0.2, 0) is 9.53 Å². The molecule has 10 nitrogen and oxygen atoms in total. The zero-order valence-corrected chi connectivity index (χ0v) is 25.2. The molecule has 0 aliphatic carbocycles. The van der Waals surface area contributed by atoms with Crippen LogP contribution >= 0.6 is 0 Å². The third kappa shape index (κ3) is 7.20. The number of hydrogen-bond donors (Lipinski definition) is 1. The van der Waals surface area contributed by atoms with Crippen LogP contribution in [0.25, 0.3) is 22.2 Å². The van der Waals surface area contributed by atoms with Gasteiger partial charge in [-0.3, -0.25) is 4.79 Å². The first-order chi connectivity index (χ1) is 21.0. The summed E-state index contributed by atoms with van der Waals surface area (Å²) in [6.07, 6.45) is 5.60. The molecule has 4 aromatic rings. The van der Waals surface area contributed by atoms with Gasteiger partial charge in [-0.1, -0.05) is 50.3 Å². The number of amides is 1. The van der Waals surface area contributed by atoms with Gasteiger partial charge >= 0.3 is 0 Å². The van der Waals surface area contributed by atoms with Crippen LogP contribution in [0.2, 0.25) is 0 Å². The molecule has 2 aromatic carbocycles. The minimum Gasteiger partial charge on any atom is -0.457 e. The van der Waals surface area contributed by atoms with E-state index in [2.05, 4.69) is 20.9 Å². The Morgan fingerprint density at radius 2 is 1.86 bits per heavy atom. The van der Waals surface area contributed by atoms with Crippen molar-refractivity contribution in [3.05, 3.63) is 78.8 Å². The van der Waals surface area contributed by atoms with Gasteiger partial charge in [0, 0.05) is 44.9 Å². The molecule has 2 N–H and O–H groups in total. The molecular formula is C33H39N7O3. The Hall–Kier alpha value is -4.72. The van der Waals surface area contributed by atoms with E-state index in [9.17, 15) is 10.1 Å². The Kier molecular flexibility index (Phi) is 10.9. The van der Waals surface area contributed by atoms with E-state index >= 15 is 0 Å². The molecule has 5 rings (SSSR count). The highest BCUT2D eigenvalue weighted by atomic mass is 16.5. The van der Waals surface area contributed by atoms with Crippen LogP contribution in [0.4, 0.5) is 5.82 Å². The molecule has 3 heterocycles. The van der Waals surface area contributed by atoms with E-state index in [4.69, 9.17) is 15.2 Å². The van der Waals surface area contributed by atoms with Gasteiger partial charge in [0.2, 0.25) is 5.91 Å². The zero-order valence-electron chi connectivity index (χ0n) is 25.2. The van der Waals surface area contributed by atoms with E-state index in [1.165, 1.54) is 6.33 Å². The molecule has 1 unspecified atom stereocenters. The number of benzene rings is 2. The molecule has 2 aromatic heterocycles. The van der Waals surface area contributed by atoms with Crippen molar-refractivity contribution < 1.29 is 14.3 Å². The van der Waals surface area contributed by atoms with E-state index in [-0.39, 0.29) is 11.9 Å². The van der Waals surface area contributed by atoms with E-state index in [1.807, 2.05) is 91.0 Å². The van der Waals surface area contributed by atoms with Gasteiger partial charge in [-0.25, -0.2) is 9.97 Å². The third-order valence-electron chi connectivity index (χ3n) is 7.24. The Balaban J connectivity index is 0.00000207. The van der Waals surface area contributed by atoms with Crippen LogP contribution in [0.1, 0.15) is 32.0 Å². The summed E-state index contributed by atoms with van der Waals surface area (Å²) in [4.78, 5) is 25.6. The summed E-state index contributed by atoms with van der Waals surface area (Å²) >= 11 is 0. The highest BCUT2D eigenvalue weighted by Gasteiger charge is 2.32. The number of hydrogen-bond acceptors (Lipinski definition) is 8. The Morgan fingerprint density at radius 1 is 1.14 bits per heavy atom. The summed E-state index contributed by atoms with van der Waals surface area (Å²) in [7, 11) is 3.65. The van der Waals surface area contributed by atoms with E-state index in [0.29, 0.717) is 66.5 Å². The SMILES string of the molecule is CC.COCCN(C)C/C=C/C(=O)N1CCC(n2c(C#N)c(-c3ccc(Oc4ccccc4)cc3)c3c(N)ncnc32)C1. The number of anilines is 1. The summed E-state index contributed by atoms with van der Waals surface area (Å²) in [5.74, 6) is 1.66. The lowest BCUT2D eigenvalue weighted by atomic mass is 10.0. The normalized spacial score (nSPS) is 14.6. The first kappa shape index (κ1) is 31.2. The zero-order chi connectivity index (χ0) is 30.8. The average molecular weight is 582 g/mol. The Labute approximate surface area is 253 Å². The Bertz CT molecular complexity index is 1580. The maximum atomic E-state index is 12.9. The summed E-state index contributed by atoms with van der Waals surface area (Å²) in [5, 5.41) is 11.0. The highest BCUT2D eigenvalue weighted by Crippen LogP contribution is 2.40. The molecule has 1 aliphatic rings. The van der Waals surface area contributed by atoms with Gasteiger partial charge in [0.05, 0.1) is 18.0 Å². The van der Waals surface area contributed by atoms with Crippen LogP contribution in [0, 0.1) is 11.3 Å². The van der Waals surface area contributed by atoms with Gasteiger partial charge < -0.3 is 29.6 Å². The molecule has 1 saturated heterocycles. The molecule has 224 valence electrons. The van der Waals surface area contributed by atoms with E-state index in [0.717, 1.165) is 17.9 Å². The van der Waals surface area contributed by atoms with Crippen LogP contribution in [-0.4, -0.2) is 77.2 Å². The van der Waals surface area contributed by atoms with Crippen LogP contribution in [0.5, 0.6) is 11.5 Å². The number of nitriles is 1. The second kappa shape index (κ2) is 15.0. The number of likely N-dealkylation sites (N-methyl/N-ethyl adjacent to an activating group) is 1. The lowest BCUT2D eigenvalue weighted by Crippen LogP contribution is -2.28. The molecule has 43 heavy (non-hydrogen) atoms. The minimum absolute atomic E-state index is 0.0500. The number of para-hydroxylation sites is 1. The van der Waals surface area contributed by atoms with Crippen molar-refractivity contribution in [3.63, 3.8) is 0 Å². The number of carbonyl (C=O) groups excluding carboxylic acids is 1. The average Bonchev–Trinajstić information content (AvgIpc) is 3.65. The third-order valence-corrected chi connectivity index (χ3v) is 7.24. The van der Waals surface area contributed by atoms with Crippen molar-refractivity contribution >= 4 is 22.8 Å². The molecular weight excluding hydrogens is 542 g/mol.